The van der Waals surface area contributed by atoms with Gasteiger partial charge in [-0.3, -0.25) is 0 Å². The maximum atomic E-state index is 6.01. The lowest BCUT2D eigenvalue weighted by atomic mass is 10.1. The van der Waals surface area contributed by atoms with Crippen molar-refractivity contribution in [2.75, 3.05) is 12.4 Å². The highest BCUT2D eigenvalue weighted by Crippen LogP contribution is 2.28. The maximum absolute atomic E-state index is 6.01. The number of nitrogens with zero attached hydrogens (tertiary/aromatic N) is 2. The summed E-state index contributed by atoms with van der Waals surface area (Å²) in [6, 6.07) is 13.3. The van der Waals surface area contributed by atoms with Crippen LogP contribution in [0.5, 0.6) is 5.75 Å². The van der Waals surface area contributed by atoms with Gasteiger partial charge in [-0.05, 0) is 37.3 Å². The fourth-order valence-electron chi connectivity index (χ4n) is 2.13. The minimum atomic E-state index is 0.384. The lowest BCUT2D eigenvalue weighted by Crippen LogP contribution is -2.01. The van der Waals surface area contributed by atoms with Gasteiger partial charge in [-0.2, -0.15) is 0 Å². The van der Waals surface area contributed by atoms with Crippen LogP contribution in [0.15, 0.2) is 46.9 Å². The Morgan fingerprint density at radius 3 is 2.65 bits per heavy atom. The Kier molecular flexibility index (Phi) is 4.48. The van der Waals surface area contributed by atoms with E-state index in [-0.39, 0.29) is 0 Å². The molecule has 0 radical (unpaired) electrons. The van der Waals surface area contributed by atoms with Gasteiger partial charge >= 0.3 is 0 Å². The van der Waals surface area contributed by atoms with Crippen LogP contribution < -0.4 is 10.1 Å². The van der Waals surface area contributed by atoms with Gasteiger partial charge in [-0.1, -0.05) is 29.3 Å². The van der Waals surface area contributed by atoms with Crippen LogP contribution in [0.25, 0.3) is 11.5 Å². The van der Waals surface area contributed by atoms with Gasteiger partial charge < -0.3 is 14.5 Å². The Hall–Kier alpha value is -2.53. The Morgan fingerprint density at radius 1 is 1.13 bits per heavy atom. The molecule has 23 heavy (non-hydrogen) atoms. The summed E-state index contributed by atoms with van der Waals surface area (Å²) < 4.78 is 11.0. The van der Waals surface area contributed by atoms with Gasteiger partial charge in [0.2, 0.25) is 11.8 Å². The smallest absolute Gasteiger partial charge is 0.247 e. The predicted molar refractivity (Wildman–Crippen MR) is 89.8 cm³/mol. The van der Waals surface area contributed by atoms with E-state index < -0.39 is 0 Å². The van der Waals surface area contributed by atoms with Crippen LogP contribution in [0.2, 0.25) is 5.02 Å². The first kappa shape index (κ1) is 15.4. The van der Waals surface area contributed by atoms with Crippen LogP contribution in [0.1, 0.15) is 11.5 Å². The van der Waals surface area contributed by atoms with E-state index in [1.165, 1.54) is 5.56 Å². The lowest BCUT2D eigenvalue weighted by Gasteiger charge is -2.09. The third-order valence-electron chi connectivity index (χ3n) is 3.36. The van der Waals surface area contributed by atoms with E-state index in [4.69, 9.17) is 20.8 Å². The van der Waals surface area contributed by atoms with Crippen LogP contribution in [-0.2, 0) is 6.54 Å². The topological polar surface area (TPSA) is 60.2 Å². The second-order valence-corrected chi connectivity index (χ2v) is 5.50. The zero-order valence-electron chi connectivity index (χ0n) is 12.8. The van der Waals surface area contributed by atoms with Crippen LogP contribution in [0.4, 0.5) is 5.69 Å². The van der Waals surface area contributed by atoms with E-state index in [9.17, 15) is 0 Å². The van der Waals surface area contributed by atoms with Crippen molar-refractivity contribution in [3.8, 4) is 17.2 Å². The number of benzene rings is 2. The summed E-state index contributed by atoms with van der Waals surface area (Å²) in [6.45, 7) is 2.42. The number of halogens is 1. The zero-order valence-corrected chi connectivity index (χ0v) is 13.6. The molecule has 0 aliphatic heterocycles. The molecule has 6 heteroatoms. The molecule has 0 aliphatic rings. The van der Waals surface area contributed by atoms with E-state index in [2.05, 4.69) is 15.5 Å². The monoisotopic (exact) mass is 329 g/mol. The molecule has 0 saturated heterocycles. The van der Waals surface area contributed by atoms with Gasteiger partial charge in [0.15, 0.2) is 0 Å². The number of hydrogen-bond acceptors (Lipinski definition) is 5. The van der Waals surface area contributed by atoms with Crippen molar-refractivity contribution < 1.29 is 9.15 Å². The molecular weight excluding hydrogens is 314 g/mol. The van der Waals surface area contributed by atoms with Crippen molar-refractivity contribution in [3.63, 3.8) is 0 Å². The molecule has 0 unspecified atom stereocenters. The Morgan fingerprint density at radius 2 is 1.91 bits per heavy atom. The van der Waals surface area contributed by atoms with Crippen molar-refractivity contribution >= 4 is 17.3 Å². The fraction of sp³-hybridized carbons (Fsp3) is 0.176. The van der Waals surface area contributed by atoms with Gasteiger partial charge in [0.05, 0.1) is 19.3 Å². The molecule has 0 aliphatic carbocycles. The van der Waals surface area contributed by atoms with Crippen molar-refractivity contribution in [1.29, 1.82) is 0 Å². The largest absolute Gasteiger partial charge is 0.495 e. The predicted octanol–water partition coefficient (Wildman–Crippen LogP) is 4.32. The molecule has 3 rings (SSSR count). The summed E-state index contributed by atoms with van der Waals surface area (Å²) in [4.78, 5) is 0. The van der Waals surface area contributed by atoms with Gasteiger partial charge in [0.1, 0.15) is 5.75 Å². The van der Waals surface area contributed by atoms with Crippen molar-refractivity contribution in [2.24, 2.45) is 0 Å². The molecule has 3 aromatic rings. The van der Waals surface area contributed by atoms with Crippen molar-refractivity contribution in [2.45, 2.75) is 13.5 Å². The molecule has 0 amide bonds. The van der Waals surface area contributed by atoms with Gasteiger partial charge in [0.25, 0.3) is 0 Å². The molecule has 0 fully saturated rings. The van der Waals surface area contributed by atoms with Crippen LogP contribution in [0.3, 0.4) is 0 Å². The van der Waals surface area contributed by atoms with Gasteiger partial charge in [-0.25, -0.2) is 0 Å². The maximum Gasteiger partial charge on any atom is 0.247 e. The molecule has 1 N–H and O–H groups in total. The summed E-state index contributed by atoms with van der Waals surface area (Å²) in [5, 5.41) is 11.9. The quantitative estimate of drug-likeness (QED) is 0.755. The molecular formula is C17H16ClN3O2. The summed E-state index contributed by atoms with van der Waals surface area (Å²) in [7, 11) is 1.61. The second kappa shape index (κ2) is 6.71. The summed E-state index contributed by atoms with van der Waals surface area (Å²) in [5.41, 5.74) is 2.85. The molecule has 118 valence electrons. The number of nitrogens with one attached hydrogen (secondary N) is 1. The average molecular weight is 330 g/mol. The lowest BCUT2D eigenvalue weighted by molar-refractivity contribution is 0.416. The van der Waals surface area contributed by atoms with Crippen molar-refractivity contribution in [1.82, 2.24) is 10.2 Å². The Labute approximate surface area is 139 Å². The second-order valence-electron chi connectivity index (χ2n) is 5.07. The molecule has 2 aromatic carbocycles. The number of methoxy groups -OCH3 is 1. The highest BCUT2D eigenvalue weighted by atomic mass is 35.5. The molecule has 0 bridgehead atoms. The number of anilines is 1. The first-order valence-electron chi connectivity index (χ1n) is 7.12. The van der Waals surface area contributed by atoms with E-state index >= 15 is 0 Å². The van der Waals surface area contributed by atoms with E-state index in [0.29, 0.717) is 29.1 Å². The number of aromatic nitrogens is 2. The normalized spacial score (nSPS) is 10.6. The first-order chi connectivity index (χ1) is 11.2. The average Bonchev–Trinajstić information content (AvgIpc) is 3.03. The minimum absolute atomic E-state index is 0.384. The first-order valence-corrected chi connectivity index (χ1v) is 7.50. The molecule has 0 atom stereocenters. The SMILES string of the molecule is COc1ccc(Cl)cc1NCc1nnc(-c2ccc(C)cc2)o1. The molecule has 1 heterocycles. The highest BCUT2D eigenvalue weighted by molar-refractivity contribution is 6.30. The van der Waals surface area contributed by atoms with E-state index in [0.717, 1.165) is 11.3 Å². The van der Waals surface area contributed by atoms with Crippen LogP contribution in [-0.4, -0.2) is 17.3 Å². The molecule has 5 nitrogen and oxygen atoms in total. The highest BCUT2D eigenvalue weighted by Gasteiger charge is 2.10. The third kappa shape index (κ3) is 3.63. The van der Waals surface area contributed by atoms with Crippen molar-refractivity contribution in [3.05, 3.63) is 58.9 Å². The fourth-order valence-corrected chi connectivity index (χ4v) is 2.30. The number of hydrogen-bond donors (Lipinski definition) is 1. The molecule has 0 spiro atoms. The number of rotatable bonds is 5. The summed E-state index contributed by atoms with van der Waals surface area (Å²) in [6.07, 6.45) is 0. The van der Waals surface area contributed by atoms with Crippen LogP contribution >= 0.6 is 11.6 Å². The third-order valence-corrected chi connectivity index (χ3v) is 3.59. The van der Waals surface area contributed by atoms with E-state index in [1.807, 2.05) is 31.2 Å². The molecule has 0 saturated carbocycles. The van der Waals surface area contributed by atoms with Gasteiger partial charge in [0, 0.05) is 10.6 Å². The number of ether oxygens (including phenoxy) is 1. The van der Waals surface area contributed by atoms with Gasteiger partial charge in [-0.15, -0.1) is 10.2 Å². The van der Waals surface area contributed by atoms with Crippen LogP contribution in [0, 0.1) is 6.92 Å². The standard InChI is InChI=1S/C17H16ClN3O2/c1-11-3-5-12(6-4-11)17-21-20-16(23-17)10-19-14-9-13(18)7-8-15(14)22-2/h3-9,19H,10H2,1-2H3. The molecule has 1 aromatic heterocycles. The number of aryl methyl sites for hydroxylation is 1. The minimum Gasteiger partial charge on any atom is -0.495 e. The summed E-state index contributed by atoms with van der Waals surface area (Å²) >= 11 is 6.01. The Bertz CT molecular complexity index is 800. The zero-order chi connectivity index (χ0) is 16.2. The van der Waals surface area contributed by atoms with E-state index in [1.54, 1.807) is 25.3 Å². The Balaban J connectivity index is 1.72. The summed E-state index contributed by atoms with van der Waals surface area (Å²) in [5.74, 6) is 1.69.